The Bertz CT molecular complexity index is 636. The van der Waals surface area contributed by atoms with Crippen molar-refractivity contribution in [2.75, 3.05) is 0 Å². The van der Waals surface area contributed by atoms with Crippen molar-refractivity contribution in [1.29, 1.82) is 0 Å². The first kappa shape index (κ1) is 9.67. The van der Waals surface area contributed by atoms with E-state index in [1.54, 1.807) is 12.4 Å². The third-order valence-corrected chi connectivity index (χ3v) is 3.39. The summed E-state index contributed by atoms with van der Waals surface area (Å²) in [6.45, 7) is 0. The van der Waals surface area contributed by atoms with Crippen LogP contribution in [-0.2, 0) is 19.8 Å². The van der Waals surface area contributed by atoms with Gasteiger partial charge in [-0.2, -0.15) is 0 Å². The number of fused-ring (bicyclic) bond motifs is 1. The van der Waals surface area contributed by atoms with Crippen LogP contribution >= 0.6 is 0 Å². The van der Waals surface area contributed by atoms with Crippen LogP contribution in [0.2, 0.25) is 0 Å². The van der Waals surface area contributed by atoms with Gasteiger partial charge in [0, 0.05) is 0 Å². The predicted octanol–water partition coefficient (Wildman–Crippen LogP) is 1.46. The topological polar surface area (TPSA) is 51.8 Å². The van der Waals surface area contributed by atoms with Gasteiger partial charge in [-0.25, -0.2) is 0 Å². The standard InChI is InChI=1S/C11H6N3O.W/c1-2-8-6-14-15-11(8)10(3-1)9-4-12-7-13-5-9;/h1-5,7H;. The van der Waals surface area contributed by atoms with Crippen LogP contribution in [0.4, 0.5) is 0 Å². The second kappa shape index (κ2) is 3.80. The molecule has 0 unspecified atom stereocenters. The van der Waals surface area contributed by atoms with Crippen molar-refractivity contribution in [3.05, 3.63) is 36.9 Å². The third-order valence-electron chi connectivity index (χ3n) is 2.34. The number of benzene rings is 1. The summed E-state index contributed by atoms with van der Waals surface area (Å²) in [5.41, 5.74) is 2.74. The molecule has 0 bridgehead atoms. The van der Waals surface area contributed by atoms with E-state index in [0.29, 0.717) is 0 Å². The summed E-state index contributed by atoms with van der Waals surface area (Å²) in [5.74, 6) is 0. The minimum absolute atomic E-state index is 0.808. The molecule has 3 rings (SSSR count). The van der Waals surface area contributed by atoms with E-state index >= 15 is 0 Å². The van der Waals surface area contributed by atoms with Gasteiger partial charge in [-0.05, 0) is 0 Å². The molecule has 0 saturated carbocycles. The van der Waals surface area contributed by atoms with Crippen molar-refractivity contribution in [2.45, 2.75) is 0 Å². The predicted molar refractivity (Wildman–Crippen MR) is 54.7 cm³/mol. The Kier molecular flexibility index (Phi) is 2.29. The Morgan fingerprint density at radius 2 is 1.94 bits per heavy atom. The van der Waals surface area contributed by atoms with Gasteiger partial charge < -0.3 is 0 Å². The maximum atomic E-state index is 5.35. The Morgan fingerprint density at radius 3 is 2.75 bits per heavy atom. The van der Waals surface area contributed by atoms with Crippen LogP contribution in [0.25, 0.3) is 22.1 Å². The van der Waals surface area contributed by atoms with Crippen molar-refractivity contribution < 1.29 is 24.3 Å². The number of aromatic nitrogens is 3. The molecule has 2 aromatic heterocycles. The molecule has 0 aliphatic rings. The van der Waals surface area contributed by atoms with Gasteiger partial charge >= 0.3 is 103 Å². The van der Waals surface area contributed by atoms with Crippen molar-refractivity contribution in [1.82, 2.24) is 15.1 Å². The van der Waals surface area contributed by atoms with Gasteiger partial charge in [-0.15, -0.1) is 0 Å². The van der Waals surface area contributed by atoms with Gasteiger partial charge in [0.25, 0.3) is 0 Å². The summed E-state index contributed by atoms with van der Waals surface area (Å²) in [7, 11) is 0. The van der Waals surface area contributed by atoms with Crippen molar-refractivity contribution >= 4 is 15.1 Å². The molecule has 4 nitrogen and oxygen atoms in total. The fourth-order valence-corrected chi connectivity index (χ4v) is 2.32. The Hall–Kier alpha value is -1.54. The zero-order chi connectivity index (χ0) is 11.0. The Balaban J connectivity index is 2.32. The molecule has 0 aliphatic heterocycles. The summed E-state index contributed by atoms with van der Waals surface area (Å²) in [6, 6.07) is 6.00. The molecule has 0 atom stereocenters. The van der Waals surface area contributed by atoms with E-state index in [9.17, 15) is 0 Å². The van der Waals surface area contributed by atoms with E-state index in [2.05, 4.69) is 15.1 Å². The summed E-state index contributed by atoms with van der Waals surface area (Å²) >= 11 is 1.30. The second-order valence-corrected chi connectivity index (χ2v) is 4.69. The normalized spacial score (nSPS) is 10.8. The SMILES string of the molecule is [W][c]1noc2c(-c3cncnc3)cccc12. The van der Waals surface area contributed by atoms with Crippen LogP contribution in [0, 0.1) is 0 Å². The number of rotatable bonds is 1. The number of hydrogen-bond acceptors (Lipinski definition) is 4. The molecule has 0 fully saturated rings. The maximum absolute atomic E-state index is 5.35. The zero-order valence-electron chi connectivity index (χ0n) is 8.12. The number of hydrogen-bond donors (Lipinski definition) is 0. The molecule has 16 heavy (non-hydrogen) atoms. The molecule has 77 valence electrons. The fraction of sp³-hybridized carbons (Fsp3) is 0. The average molecular weight is 380 g/mol. The van der Waals surface area contributed by atoms with Crippen molar-refractivity contribution in [3.8, 4) is 11.1 Å². The molecule has 0 saturated heterocycles. The quantitative estimate of drug-likeness (QED) is 0.642. The van der Waals surface area contributed by atoms with Crippen LogP contribution in [-0.4, -0.2) is 15.1 Å². The molecule has 5 heteroatoms. The molecular weight excluding hydrogens is 374 g/mol. The van der Waals surface area contributed by atoms with Crippen LogP contribution in [0.5, 0.6) is 0 Å². The molecular formula is C11H6N3OW. The Morgan fingerprint density at radius 1 is 1.12 bits per heavy atom. The zero-order valence-corrected chi connectivity index (χ0v) is 11.1. The third kappa shape index (κ3) is 1.46. The van der Waals surface area contributed by atoms with E-state index in [1.165, 1.54) is 26.1 Å². The van der Waals surface area contributed by atoms with Gasteiger partial charge in [0.05, 0.1) is 0 Å². The summed E-state index contributed by atoms with van der Waals surface area (Å²) in [5, 5.41) is 5.07. The van der Waals surface area contributed by atoms with E-state index in [1.807, 2.05) is 18.2 Å². The van der Waals surface area contributed by atoms with Gasteiger partial charge in [-0.1, -0.05) is 0 Å². The molecule has 3 aromatic rings. The van der Waals surface area contributed by atoms with Gasteiger partial charge in [0.2, 0.25) is 0 Å². The van der Waals surface area contributed by atoms with Gasteiger partial charge in [-0.3, -0.25) is 0 Å². The van der Waals surface area contributed by atoms with Crippen molar-refractivity contribution in [2.24, 2.45) is 0 Å². The van der Waals surface area contributed by atoms with E-state index in [0.717, 1.165) is 26.2 Å². The molecule has 0 aliphatic carbocycles. The van der Waals surface area contributed by atoms with Gasteiger partial charge in [0.1, 0.15) is 0 Å². The molecule has 0 spiro atoms. The first-order valence-electron chi connectivity index (χ1n) is 4.67. The first-order chi connectivity index (χ1) is 7.86. The summed E-state index contributed by atoms with van der Waals surface area (Å²) < 4.78 is 6.33. The van der Waals surface area contributed by atoms with Crippen molar-refractivity contribution in [3.63, 3.8) is 0 Å². The molecule has 0 radical (unpaired) electrons. The van der Waals surface area contributed by atoms with E-state index in [-0.39, 0.29) is 0 Å². The van der Waals surface area contributed by atoms with E-state index < -0.39 is 0 Å². The van der Waals surface area contributed by atoms with Crippen LogP contribution < -0.4 is 4.08 Å². The minimum atomic E-state index is 0.808. The average Bonchev–Trinajstić information content (AvgIpc) is 2.73. The van der Waals surface area contributed by atoms with Crippen LogP contribution in [0.15, 0.2) is 41.4 Å². The summed E-state index contributed by atoms with van der Waals surface area (Å²) in [4.78, 5) is 8.01. The molecule has 0 amide bonds. The fourth-order valence-electron chi connectivity index (χ4n) is 1.61. The monoisotopic (exact) mass is 380 g/mol. The summed E-state index contributed by atoms with van der Waals surface area (Å²) in [6.07, 6.45) is 5.05. The second-order valence-electron chi connectivity index (χ2n) is 3.30. The van der Waals surface area contributed by atoms with Crippen LogP contribution in [0.1, 0.15) is 0 Å². The number of para-hydroxylation sites is 1. The number of nitrogens with zero attached hydrogens (tertiary/aromatic N) is 3. The van der Waals surface area contributed by atoms with E-state index in [4.69, 9.17) is 4.52 Å². The molecule has 1 aromatic carbocycles. The molecule has 0 N–H and O–H groups in total. The Labute approximate surface area is 103 Å². The molecule has 2 heterocycles. The van der Waals surface area contributed by atoms with Crippen LogP contribution in [0.3, 0.4) is 0 Å². The first-order valence-corrected chi connectivity index (χ1v) is 6.14. The van der Waals surface area contributed by atoms with Gasteiger partial charge in [0.15, 0.2) is 0 Å².